The predicted molar refractivity (Wildman–Crippen MR) is 124 cm³/mol. The molecule has 0 spiro atoms. The van der Waals surface area contributed by atoms with E-state index in [4.69, 9.17) is 16.3 Å². The molecule has 1 aromatic heterocycles. The van der Waals surface area contributed by atoms with Crippen LogP contribution in [0, 0.1) is 0 Å². The van der Waals surface area contributed by atoms with Gasteiger partial charge in [-0.05, 0) is 30.2 Å². The largest absolute Gasteiger partial charge is 0.466 e. The number of carbonyl (C=O) groups is 1. The summed E-state index contributed by atoms with van der Waals surface area (Å²) >= 11 is 7.73. The molecule has 0 N–H and O–H groups in total. The number of aromatic nitrogens is 1. The van der Waals surface area contributed by atoms with Gasteiger partial charge in [0.05, 0.1) is 22.9 Å². The molecule has 2 aromatic carbocycles. The smallest absolute Gasteiger partial charge is 0.338 e. The van der Waals surface area contributed by atoms with Crippen LogP contribution in [0.4, 0.5) is 0 Å². The van der Waals surface area contributed by atoms with Crippen molar-refractivity contribution in [2.75, 3.05) is 7.11 Å². The van der Waals surface area contributed by atoms with Crippen LogP contribution >= 0.6 is 22.9 Å². The SMILES string of the molecule is COC(=O)C1=C(C)N=c2sc(=C/C=C\c3ccccc3)c(=O)n2[C@H]1c1ccccc1Cl. The van der Waals surface area contributed by atoms with Crippen molar-refractivity contribution in [1.29, 1.82) is 0 Å². The monoisotopic (exact) mass is 450 g/mol. The number of hydrogen-bond donors (Lipinski definition) is 0. The fraction of sp³-hybridized carbons (Fsp3) is 0.125. The highest BCUT2D eigenvalue weighted by Gasteiger charge is 2.34. The molecule has 4 rings (SSSR count). The lowest BCUT2D eigenvalue weighted by Crippen LogP contribution is -2.39. The summed E-state index contributed by atoms with van der Waals surface area (Å²) in [5.74, 6) is -0.538. The number of hydrogen-bond acceptors (Lipinski definition) is 5. The van der Waals surface area contributed by atoms with Crippen LogP contribution in [-0.2, 0) is 9.53 Å². The van der Waals surface area contributed by atoms with E-state index in [1.165, 1.54) is 23.0 Å². The van der Waals surface area contributed by atoms with Crippen LogP contribution in [0.2, 0.25) is 5.02 Å². The molecule has 31 heavy (non-hydrogen) atoms. The number of methoxy groups -OCH3 is 1. The Balaban J connectivity index is 1.90. The number of halogens is 1. The fourth-order valence-electron chi connectivity index (χ4n) is 3.51. The van der Waals surface area contributed by atoms with Gasteiger partial charge in [-0.3, -0.25) is 9.36 Å². The van der Waals surface area contributed by atoms with Crippen molar-refractivity contribution in [3.63, 3.8) is 0 Å². The first-order valence-corrected chi connectivity index (χ1v) is 10.8. The molecule has 156 valence electrons. The van der Waals surface area contributed by atoms with Crippen LogP contribution in [0.3, 0.4) is 0 Å². The van der Waals surface area contributed by atoms with E-state index < -0.39 is 12.0 Å². The zero-order valence-electron chi connectivity index (χ0n) is 16.9. The summed E-state index contributed by atoms with van der Waals surface area (Å²) in [6, 6.07) is 16.3. The maximum atomic E-state index is 13.3. The normalized spacial score (nSPS) is 16.4. The topological polar surface area (TPSA) is 60.7 Å². The average Bonchev–Trinajstić information content (AvgIpc) is 3.08. The molecule has 1 aliphatic heterocycles. The molecule has 5 nitrogen and oxygen atoms in total. The number of rotatable bonds is 4. The van der Waals surface area contributed by atoms with Gasteiger partial charge in [-0.25, -0.2) is 9.79 Å². The van der Waals surface area contributed by atoms with Gasteiger partial charge in [0, 0.05) is 5.02 Å². The second kappa shape index (κ2) is 8.88. The summed E-state index contributed by atoms with van der Waals surface area (Å²) < 4.78 is 7.03. The van der Waals surface area contributed by atoms with Crippen LogP contribution in [-0.4, -0.2) is 17.6 Å². The fourth-order valence-corrected chi connectivity index (χ4v) is 4.75. The van der Waals surface area contributed by atoms with E-state index in [-0.39, 0.29) is 5.56 Å². The third kappa shape index (κ3) is 4.04. The Hall–Kier alpha value is -3.22. The molecule has 7 heteroatoms. The Bertz CT molecular complexity index is 1380. The highest BCUT2D eigenvalue weighted by Crippen LogP contribution is 2.34. The molecular formula is C24H19ClN2O3S. The third-order valence-electron chi connectivity index (χ3n) is 4.96. The van der Waals surface area contributed by atoms with Crippen LogP contribution in [0.15, 0.2) is 81.7 Å². The Morgan fingerprint density at radius 2 is 1.87 bits per heavy atom. The highest BCUT2D eigenvalue weighted by molar-refractivity contribution is 7.07. The van der Waals surface area contributed by atoms with Crippen molar-refractivity contribution in [3.05, 3.63) is 108 Å². The van der Waals surface area contributed by atoms with Crippen LogP contribution in [0.25, 0.3) is 12.2 Å². The Morgan fingerprint density at radius 1 is 1.16 bits per heavy atom. The van der Waals surface area contributed by atoms with Gasteiger partial charge in [-0.1, -0.05) is 83.6 Å². The van der Waals surface area contributed by atoms with E-state index in [9.17, 15) is 9.59 Å². The number of ether oxygens (including phenoxy) is 1. The van der Waals surface area contributed by atoms with Crippen LogP contribution < -0.4 is 14.9 Å². The molecule has 0 aliphatic carbocycles. The van der Waals surface area contributed by atoms with Gasteiger partial charge in [0.15, 0.2) is 4.80 Å². The molecule has 0 radical (unpaired) electrons. The van der Waals surface area contributed by atoms with Crippen molar-refractivity contribution in [2.24, 2.45) is 4.99 Å². The summed E-state index contributed by atoms with van der Waals surface area (Å²) in [6.07, 6.45) is 5.52. The minimum atomic E-state index is -0.711. The van der Waals surface area contributed by atoms with E-state index in [0.29, 0.717) is 31.2 Å². The number of allylic oxidation sites excluding steroid dienone is 2. The molecule has 3 aromatic rings. The summed E-state index contributed by atoms with van der Waals surface area (Å²) in [4.78, 5) is 31.0. The lowest BCUT2D eigenvalue weighted by molar-refractivity contribution is -0.136. The molecule has 0 bridgehead atoms. The van der Waals surface area contributed by atoms with Gasteiger partial charge in [-0.2, -0.15) is 0 Å². The highest BCUT2D eigenvalue weighted by atomic mass is 35.5. The predicted octanol–water partition coefficient (Wildman–Crippen LogP) is 3.73. The molecule has 0 saturated heterocycles. The average molecular weight is 451 g/mol. The number of thiazole rings is 1. The van der Waals surface area contributed by atoms with Gasteiger partial charge in [0.2, 0.25) is 0 Å². The van der Waals surface area contributed by atoms with Crippen molar-refractivity contribution < 1.29 is 9.53 Å². The molecule has 0 amide bonds. The van der Waals surface area contributed by atoms with Crippen LogP contribution in [0.1, 0.15) is 24.1 Å². The minimum absolute atomic E-state index is 0.236. The minimum Gasteiger partial charge on any atom is -0.466 e. The number of benzene rings is 2. The number of nitrogens with zero attached hydrogens (tertiary/aromatic N) is 2. The first-order chi connectivity index (χ1) is 15.0. The standard InChI is InChI=1S/C24H19ClN2O3S/c1-15-20(23(29)30-2)21(17-12-6-7-13-18(17)25)27-22(28)19(31-24(27)26-15)14-8-11-16-9-4-3-5-10-16/h3-14,21H,1-2H3/b11-8-,19-14?/t21-/m0/s1. The van der Waals surface area contributed by atoms with Gasteiger partial charge >= 0.3 is 5.97 Å². The van der Waals surface area contributed by atoms with Crippen molar-refractivity contribution in [1.82, 2.24) is 4.57 Å². The zero-order valence-corrected chi connectivity index (χ0v) is 18.5. The van der Waals surface area contributed by atoms with Crippen LogP contribution in [0.5, 0.6) is 0 Å². The van der Waals surface area contributed by atoms with E-state index in [1.807, 2.05) is 48.6 Å². The quantitative estimate of drug-likeness (QED) is 0.569. The van der Waals surface area contributed by atoms with Gasteiger partial charge in [-0.15, -0.1) is 0 Å². The first kappa shape index (κ1) is 21.0. The molecule has 0 fully saturated rings. The summed E-state index contributed by atoms with van der Waals surface area (Å²) in [6.45, 7) is 1.74. The maximum absolute atomic E-state index is 13.3. The van der Waals surface area contributed by atoms with Gasteiger partial charge in [0.25, 0.3) is 5.56 Å². The first-order valence-electron chi connectivity index (χ1n) is 9.58. The Labute approximate surface area is 187 Å². The molecule has 1 aliphatic rings. The molecular weight excluding hydrogens is 432 g/mol. The van der Waals surface area contributed by atoms with Crippen molar-refractivity contribution >= 4 is 41.1 Å². The lowest BCUT2D eigenvalue weighted by Gasteiger charge is -2.25. The van der Waals surface area contributed by atoms with E-state index in [0.717, 1.165) is 5.56 Å². The lowest BCUT2D eigenvalue weighted by atomic mass is 9.96. The van der Waals surface area contributed by atoms with Crippen molar-refractivity contribution in [3.8, 4) is 0 Å². The van der Waals surface area contributed by atoms with E-state index >= 15 is 0 Å². The molecule has 2 heterocycles. The van der Waals surface area contributed by atoms with Gasteiger partial charge in [0.1, 0.15) is 6.04 Å². The molecule has 0 unspecified atom stereocenters. The van der Waals surface area contributed by atoms with E-state index in [2.05, 4.69) is 4.99 Å². The summed E-state index contributed by atoms with van der Waals surface area (Å²) in [7, 11) is 1.31. The molecule has 0 saturated carbocycles. The van der Waals surface area contributed by atoms with E-state index in [1.54, 1.807) is 31.2 Å². The molecule has 1 atom stereocenters. The second-order valence-electron chi connectivity index (χ2n) is 6.89. The Morgan fingerprint density at radius 3 is 2.58 bits per heavy atom. The van der Waals surface area contributed by atoms with Crippen molar-refractivity contribution in [2.45, 2.75) is 13.0 Å². The second-order valence-corrected chi connectivity index (χ2v) is 8.30. The summed E-state index contributed by atoms with van der Waals surface area (Å²) in [5.41, 5.74) is 2.25. The zero-order chi connectivity index (χ0) is 22.0. The number of fused-ring (bicyclic) bond motifs is 1. The summed E-state index contributed by atoms with van der Waals surface area (Å²) in [5, 5.41) is 0.460. The van der Waals surface area contributed by atoms with Gasteiger partial charge < -0.3 is 4.74 Å². The maximum Gasteiger partial charge on any atom is 0.338 e. The Kier molecular flexibility index (Phi) is 6.02. The number of esters is 1. The third-order valence-corrected chi connectivity index (χ3v) is 6.31. The number of carbonyl (C=O) groups excluding carboxylic acids is 1.